The van der Waals surface area contributed by atoms with Gasteiger partial charge in [0.15, 0.2) is 5.82 Å². The Hall–Kier alpha value is -3.48. The summed E-state index contributed by atoms with van der Waals surface area (Å²) in [7, 11) is 0. The van der Waals surface area contributed by atoms with Crippen LogP contribution in [0.5, 0.6) is 6.01 Å². The molecule has 4 aromatic rings. The molecule has 4 atom stereocenters. The van der Waals surface area contributed by atoms with Crippen molar-refractivity contribution < 1.29 is 17.9 Å². The molecule has 2 bridgehead atoms. The van der Waals surface area contributed by atoms with Gasteiger partial charge < -0.3 is 20.7 Å². The molecular weight excluding hydrogens is 581 g/mol. The lowest BCUT2D eigenvalue weighted by atomic mass is 9.95. The number of nitrogen functional groups attached to an aromatic ring is 1. The van der Waals surface area contributed by atoms with Crippen LogP contribution in [0.4, 0.5) is 24.9 Å². The number of nitrogens with one attached hydrogen (secondary N) is 1. The highest BCUT2D eigenvalue weighted by molar-refractivity contribution is 6.36. The van der Waals surface area contributed by atoms with Crippen LogP contribution in [-0.2, 0) is 0 Å². The third kappa shape index (κ3) is 4.44. The average Bonchev–Trinajstić information content (AvgIpc) is 3.62. The van der Waals surface area contributed by atoms with Gasteiger partial charge in [-0.1, -0.05) is 17.7 Å². The molecule has 43 heavy (non-hydrogen) atoms. The third-order valence-electron chi connectivity index (χ3n) is 9.52. The molecule has 0 unspecified atom stereocenters. The van der Waals surface area contributed by atoms with Gasteiger partial charge in [-0.2, -0.15) is 9.97 Å². The predicted molar refractivity (Wildman–Crippen MR) is 158 cm³/mol. The van der Waals surface area contributed by atoms with Gasteiger partial charge in [-0.25, -0.2) is 23.1 Å². The molecule has 4 saturated heterocycles. The van der Waals surface area contributed by atoms with E-state index in [0.29, 0.717) is 37.4 Å². The molecule has 0 amide bonds. The van der Waals surface area contributed by atoms with E-state index in [1.165, 1.54) is 6.07 Å². The van der Waals surface area contributed by atoms with Crippen molar-refractivity contribution in [3.05, 3.63) is 40.9 Å². The number of halogens is 4. The van der Waals surface area contributed by atoms with E-state index < -0.39 is 28.9 Å². The molecule has 4 aliphatic heterocycles. The third-order valence-corrected chi connectivity index (χ3v) is 9.83. The lowest BCUT2D eigenvalue weighted by Crippen LogP contribution is -2.51. The van der Waals surface area contributed by atoms with Crippen molar-refractivity contribution >= 4 is 45.2 Å². The second-order valence-corrected chi connectivity index (χ2v) is 12.7. The van der Waals surface area contributed by atoms with Crippen molar-refractivity contribution in [1.29, 1.82) is 0 Å². The molecule has 4 fully saturated rings. The lowest BCUT2D eigenvalue weighted by Gasteiger charge is -2.34. The fourth-order valence-electron chi connectivity index (χ4n) is 7.64. The fourth-order valence-corrected chi connectivity index (χ4v) is 7.90. The topological polar surface area (TPSA) is 105 Å². The van der Waals surface area contributed by atoms with Crippen LogP contribution in [-0.4, -0.2) is 81.4 Å². The molecule has 0 spiro atoms. The molecule has 0 radical (unpaired) electrons. The molecule has 2 aromatic heterocycles. The molecule has 6 heterocycles. The monoisotopic (exact) mass is 610 g/mol. The number of nitrogens with zero attached hydrogens (tertiary/aromatic N) is 6. The van der Waals surface area contributed by atoms with Crippen LogP contribution >= 0.6 is 11.6 Å². The van der Waals surface area contributed by atoms with Crippen molar-refractivity contribution in [1.82, 2.24) is 30.2 Å². The van der Waals surface area contributed by atoms with Crippen molar-refractivity contribution in [2.75, 3.05) is 43.4 Å². The largest absolute Gasteiger partial charge is 0.461 e. The number of alkyl halides is 1. The van der Waals surface area contributed by atoms with E-state index in [-0.39, 0.29) is 57.7 Å². The summed E-state index contributed by atoms with van der Waals surface area (Å²) in [5, 5.41) is 4.33. The first-order valence-electron chi connectivity index (χ1n) is 14.7. The van der Waals surface area contributed by atoms with Crippen LogP contribution in [0, 0.1) is 11.6 Å². The minimum atomic E-state index is -0.925. The first-order valence-corrected chi connectivity index (χ1v) is 15.1. The summed E-state index contributed by atoms with van der Waals surface area (Å²) in [5.74, 6) is -1.51. The molecule has 224 valence electrons. The summed E-state index contributed by atoms with van der Waals surface area (Å²) < 4.78 is 53.4. The van der Waals surface area contributed by atoms with Gasteiger partial charge in [-0.05, 0) is 50.4 Å². The van der Waals surface area contributed by atoms with E-state index in [0.717, 1.165) is 32.2 Å². The van der Waals surface area contributed by atoms with Crippen LogP contribution in [0.3, 0.4) is 0 Å². The zero-order chi connectivity index (χ0) is 29.5. The molecule has 9 nitrogen and oxygen atoms in total. The van der Waals surface area contributed by atoms with E-state index in [1.54, 1.807) is 18.2 Å². The standard InChI is InChI=1S/C30H30ClF3N8O/c31-19-3-1-4-21-22(19)26(38-28(35)37-21)23-20(33)9-18-25(24(23)34)39-29(40-27(18)41-12-16-5-6-17(13-41)36-16)43-14-30-7-2-8-42(30)11-15(32)10-30/h1,3-4,9,15-17,36H,2,5-8,10-14H2,(H2,35,37,38)/t15-,16-,17+,30+/m1/s1. The highest BCUT2D eigenvalue weighted by Crippen LogP contribution is 2.42. The molecule has 2 aromatic carbocycles. The van der Waals surface area contributed by atoms with Gasteiger partial charge >= 0.3 is 6.01 Å². The van der Waals surface area contributed by atoms with Crippen LogP contribution in [0.15, 0.2) is 24.3 Å². The molecular formula is C30H30ClF3N8O. The van der Waals surface area contributed by atoms with Gasteiger partial charge in [0, 0.05) is 48.9 Å². The summed E-state index contributed by atoms with van der Waals surface area (Å²) in [6.45, 7) is 2.65. The fraction of sp³-hybridized carbons (Fsp3) is 0.467. The average molecular weight is 611 g/mol. The molecule has 4 aliphatic rings. The molecule has 3 N–H and O–H groups in total. The Kier molecular flexibility index (Phi) is 6.32. The first kappa shape index (κ1) is 27.1. The van der Waals surface area contributed by atoms with E-state index in [4.69, 9.17) is 27.1 Å². The van der Waals surface area contributed by atoms with Crippen molar-refractivity contribution in [2.24, 2.45) is 0 Å². The smallest absolute Gasteiger partial charge is 0.319 e. The molecule has 0 aliphatic carbocycles. The minimum Gasteiger partial charge on any atom is -0.461 e. The van der Waals surface area contributed by atoms with Gasteiger partial charge in [0.05, 0.1) is 27.3 Å². The number of rotatable bonds is 5. The summed E-state index contributed by atoms with van der Waals surface area (Å²) in [6.07, 6.45) is 3.26. The number of aromatic nitrogens is 4. The van der Waals surface area contributed by atoms with E-state index in [2.05, 4.69) is 30.1 Å². The lowest BCUT2D eigenvalue weighted by molar-refractivity contribution is 0.107. The zero-order valence-corrected chi connectivity index (χ0v) is 24.0. The summed E-state index contributed by atoms with van der Waals surface area (Å²) >= 11 is 6.48. The Labute approximate surface area is 250 Å². The molecule has 13 heteroatoms. The van der Waals surface area contributed by atoms with Crippen molar-refractivity contribution in [3.8, 4) is 17.3 Å². The second kappa shape index (κ2) is 10.0. The first-order chi connectivity index (χ1) is 20.8. The van der Waals surface area contributed by atoms with Crippen molar-refractivity contribution in [3.63, 3.8) is 0 Å². The number of piperazine rings is 1. The van der Waals surface area contributed by atoms with Crippen LogP contribution in [0.2, 0.25) is 5.02 Å². The quantitative estimate of drug-likeness (QED) is 0.334. The van der Waals surface area contributed by atoms with Gasteiger partial charge in [-0.3, -0.25) is 4.90 Å². The summed E-state index contributed by atoms with van der Waals surface area (Å²) in [6, 6.07) is 6.67. The Morgan fingerprint density at radius 1 is 1.09 bits per heavy atom. The van der Waals surface area contributed by atoms with E-state index in [1.807, 2.05) is 0 Å². The van der Waals surface area contributed by atoms with Crippen LogP contribution in [0.25, 0.3) is 33.1 Å². The minimum absolute atomic E-state index is 0.0292. The Balaban J connectivity index is 1.28. The molecule has 8 rings (SSSR count). The Morgan fingerprint density at radius 2 is 1.91 bits per heavy atom. The van der Waals surface area contributed by atoms with Crippen molar-refractivity contribution in [2.45, 2.75) is 55.9 Å². The zero-order valence-electron chi connectivity index (χ0n) is 23.3. The van der Waals surface area contributed by atoms with Crippen LogP contribution < -0.4 is 20.7 Å². The van der Waals surface area contributed by atoms with Gasteiger partial charge in [0.25, 0.3) is 0 Å². The number of hydrogen-bond acceptors (Lipinski definition) is 9. The number of ether oxygens (including phenoxy) is 1. The number of fused-ring (bicyclic) bond motifs is 5. The SMILES string of the molecule is Nc1nc(-c2c(F)cc3c(N4C[C@H]5CC[C@@H](C4)N5)nc(OC[C@@]45CCCN4C[C@H](F)C5)nc3c2F)c2c(Cl)cccc2n1. The van der Waals surface area contributed by atoms with E-state index in [9.17, 15) is 4.39 Å². The highest BCUT2D eigenvalue weighted by atomic mass is 35.5. The van der Waals surface area contributed by atoms with Gasteiger partial charge in [0.1, 0.15) is 29.9 Å². The number of benzene rings is 2. The van der Waals surface area contributed by atoms with Crippen LogP contribution in [0.1, 0.15) is 32.1 Å². The number of hydrogen-bond donors (Lipinski definition) is 2. The maximum absolute atomic E-state index is 16.7. The second-order valence-electron chi connectivity index (χ2n) is 12.2. The normalized spacial score (nSPS) is 27.0. The summed E-state index contributed by atoms with van der Waals surface area (Å²) in [5.41, 5.74) is 5.31. The summed E-state index contributed by atoms with van der Waals surface area (Å²) in [4.78, 5) is 21.8. The molecule has 0 saturated carbocycles. The van der Waals surface area contributed by atoms with Gasteiger partial charge in [0.2, 0.25) is 5.95 Å². The van der Waals surface area contributed by atoms with E-state index >= 15 is 8.78 Å². The Morgan fingerprint density at radius 3 is 2.72 bits per heavy atom. The number of nitrogens with two attached hydrogens (primary N) is 1. The highest BCUT2D eigenvalue weighted by Gasteiger charge is 2.49. The van der Waals surface area contributed by atoms with Gasteiger partial charge in [-0.15, -0.1) is 0 Å². The maximum Gasteiger partial charge on any atom is 0.319 e. The maximum atomic E-state index is 16.7. The predicted octanol–water partition coefficient (Wildman–Crippen LogP) is 4.65. The Bertz CT molecular complexity index is 1770. The number of anilines is 2.